The molecule has 2 atom stereocenters. The Labute approximate surface area is 112 Å². The third-order valence-electron chi connectivity index (χ3n) is 2.64. The van der Waals surface area contributed by atoms with Gasteiger partial charge in [0.15, 0.2) is 0 Å². The average Bonchev–Trinajstić information content (AvgIpc) is 2.67. The first kappa shape index (κ1) is 14.2. The van der Waals surface area contributed by atoms with Gasteiger partial charge in [0.2, 0.25) is 0 Å². The molecule has 1 aromatic carbocycles. The zero-order valence-electron chi connectivity index (χ0n) is 10.2. The van der Waals surface area contributed by atoms with Crippen molar-refractivity contribution in [2.45, 2.75) is 23.9 Å². The lowest BCUT2D eigenvalue weighted by Crippen LogP contribution is -2.20. The number of aryl methyl sites for hydroxylation is 1. The SMILES string of the molecule is [B]C1OC(COS(=O)(=O)c2ccc(C)cc2)C=C1F. The molecule has 2 rings (SSSR count). The highest BCUT2D eigenvalue weighted by atomic mass is 32.2. The van der Waals surface area contributed by atoms with E-state index in [0.717, 1.165) is 11.6 Å². The van der Waals surface area contributed by atoms with Crippen LogP contribution in [-0.4, -0.2) is 35.0 Å². The smallest absolute Gasteiger partial charge is 0.297 e. The van der Waals surface area contributed by atoms with Gasteiger partial charge in [-0.2, -0.15) is 8.42 Å². The molecule has 0 aliphatic carbocycles. The van der Waals surface area contributed by atoms with Crippen LogP contribution < -0.4 is 0 Å². The van der Waals surface area contributed by atoms with Crippen molar-refractivity contribution in [2.75, 3.05) is 6.61 Å². The maximum absolute atomic E-state index is 13.0. The Kier molecular flexibility index (Phi) is 4.08. The molecular weight excluding hydrogens is 270 g/mol. The number of halogens is 1. The highest BCUT2D eigenvalue weighted by Gasteiger charge is 2.25. The Bertz CT molecular complexity index is 582. The number of benzene rings is 1. The van der Waals surface area contributed by atoms with Crippen LogP contribution in [-0.2, 0) is 19.0 Å². The molecule has 0 fully saturated rings. The lowest BCUT2D eigenvalue weighted by atomic mass is 10.0. The molecule has 19 heavy (non-hydrogen) atoms. The van der Waals surface area contributed by atoms with E-state index in [4.69, 9.17) is 16.8 Å². The molecule has 0 bridgehead atoms. The second-order valence-electron chi connectivity index (χ2n) is 4.20. The quantitative estimate of drug-likeness (QED) is 0.619. The second kappa shape index (κ2) is 5.44. The molecule has 0 saturated carbocycles. The summed E-state index contributed by atoms with van der Waals surface area (Å²) in [5.41, 5.74) is 0.939. The fraction of sp³-hybridized carbons (Fsp3) is 0.333. The van der Waals surface area contributed by atoms with Gasteiger partial charge in [-0.25, -0.2) is 4.39 Å². The van der Waals surface area contributed by atoms with Gasteiger partial charge in [0.05, 0.1) is 17.5 Å². The predicted octanol–water partition coefficient (Wildman–Crippen LogP) is 1.45. The van der Waals surface area contributed by atoms with Gasteiger partial charge >= 0.3 is 0 Å². The van der Waals surface area contributed by atoms with Crippen molar-refractivity contribution >= 4 is 18.0 Å². The summed E-state index contributed by atoms with van der Waals surface area (Å²) in [7, 11) is 1.39. The maximum Gasteiger partial charge on any atom is 0.297 e. The van der Waals surface area contributed by atoms with Crippen molar-refractivity contribution in [1.29, 1.82) is 0 Å². The van der Waals surface area contributed by atoms with Crippen LogP contribution in [0.3, 0.4) is 0 Å². The largest absolute Gasteiger partial charge is 0.371 e. The average molecular weight is 282 g/mol. The Morgan fingerprint density at radius 1 is 1.37 bits per heavy atom. The molecule has 1 heterocycles. The second-order valence-corrected chi connectivity index (χ2v) is 5.81. The predicted molar refractivity (Wildman–Crippen MR) is 67.9 cm³/mol. The maximum atomic E-state index is 13.0. The van der Waals surface area contributed by atoms with Crippen molar-refractivity contribution in [3.05, 3.63) is 41.7 Å². The number of hydrogen-bond donors (Lipinski definition) is 0. The molecule has 0 amide bonds. The molecule has 4 nitrogen and oxygen atoms in total. The van der Waals surface area contributed by atoms with Crippen molar-refractivity contribution in [3.8, 4) is 0 Å². The molecule has 1 aromatic rings. The van der Waals surface area contributed by atoms with E-state index in [1.165, 1.54) is 12.1 Å². The summed E-state index contributed by atoms with van der Waals surface area (Å²) in [6.07, 6.45) is 0.310. The van der Waals surface area contributed by atoms with Gasteiger partial charge in [0.25, 0.3) is 10.1 Å². The van der Waals surface area contributed by atoms with Crippen molar-refractivity contribution in [1.82, 2.24) is 0 Å². The van der Waals surface area contributed by atoms with Crippen molar-refractivity contribution < 1.29 is 21.7 Å². The lowest BCUT2D eigenvalue weighted by Gasteiger charge is -2.11. The third kappa shape index (κ3) is 3.43. The van der Waals surface area contributed by atoms with E-state index in [2.05, 4.69) is 0 Å². The standard InChI is InChI=1S/C12H12BFO4S/c1-8-2-4-10(5-3-8)19(15,16)17-7-9-6-11(14)12(13)18-9/h2-6,9,12H,7H2,1H3. The van der Waals surface area contributed by atoms with Crippen molar-refractivity contribution in [3.63, 3.8) is 0 Å². The first-order valence-corrected chi connectivity index (χ1v) is 7.04. The zero-order chi connectivity index (χ0) is 14.0. The van der Waals surface area contributed by atoms with E-state index in [9.17, 15) is 12.8 Å². The normalized spacial score (nSPS) is 23.4. The molecule has 1 aliphatic rings. The summed E-state index contributed by atoms with van der Waals surface area (Å²) in [5, 5.41) is 0. The Hall–Kier alpha value is -1.18. The minimum absolute atomic E-state index is 0.0462. The first-order chi connectivity index (χ1) is 8.88. The van der Waals surface area contributed by atoms with Crippen LogP contribution in [0.2, 0.25) is 0 Å². The third-order valence-corrected chi connectivity index (χ3v) is 3.93. The van der Waals surface area contributed by atoms with E-state index in [-0.39, 0.29) is 11.5 Å². The molecule has 2 unspecified atom stereocenters. The van der Waals surface area contributed by atoms with Gasteiger partial charge in [-0.15, -0.1) is 0 Å². The van der Waals surface area contributed by atoms with Gasteiger partial charge in [-0.1, -0.05) is 17.7 Å². The van der Waals surface area contributed by atoms with Gasteiger partial charge in [0, 0.05) is 0 Å². The van der Waals surface area contributed by atoms with Crippen LogP contribution in [0, 0.1) is 6.92 Å². The van der Waals surface area contributed by atoms with Crippen LogP contribution in [0.25, 0.3) is 0 Å². The fourth-order valence-corrected chi connectivity index (χ4v) is 2.50. The summed E-state index contributed by atoms with van der Waals surface area (Å²) in [6.45, 7) is 1.54. The fourth-order valence-electron chi connectivity index (χ4n) is 1.58. The molecular formula is C12H12BFO4S. The number of rotatable bonds is 4. The highest BCUT2D eigenvalue weighted by Crippen LogP contribution is 2.20. The molecule has 2 radical (unpaired) electrons. The van der Waals surface area contributed by atoms with Gasteiger partial charge in [-0.05, 0) is 25.1 Å². The van der Waals surface area contributed by atoms with Gasteiger partial charge in [-0.3, -0.25) is 4.18 Å². The highest BCUT2D eigenvalue weighted by molar-refractivity contribution is 7.86. The molecule has 100 valence electrons. The van der Waals surface area contributed by atoms with Crippen molar-refractivity contribution in [2.24, 2.45) is 0 Å². The van der Waals surface area contributed by atoms with E-state index in [1.54, 1.807) is 12.1 Å². The Morgan fingerprint density at radius 2 is 2.00 bits per heavy atom. The van der Waals surface area contributed by atoms with E-state index < -0.39 is 28.1 Å². The molecule has 0 spiro atoms. The van der Waals surface area contributed by atoms with E-state index in [1.807, 2.05) is 6.92 Å². The van der Waals surface area contributed by atoms with Crippen LogP contribution in [0.4, 0.5) is 4.39 Å². The van der Waals surface area contributed by atoms with Crippen LogP contribution in [0.1, 0.15) is 5.56 Å². The minimum atomic E-state index is -3.87. The van der Waals surface area contributed by atoms with Crippen LogP contribution in [0.15, 0.2) is 41.1 Å². The number of ether oxygens (including phenoxy) is 1. The molecule has 0 aromatic heterocycles. The molecule has 7 heteroatoms. The monoisotopic (exact) mass is 282 g/mol. The zero-order valence-corrected chi connectivity index (χ0v) is 11.1. The number of hydrogen-bond acceptors (Lipinski definition) is 4. The summed E-state index contributed by atoms with van der Waals surface area (Å²) in [4.78, 5) is 0.0462. The summed E-state index contributed by atoms with van der Waals surface area (Å²) >= 11 is 0. The topological polar surface area (TPSA) is 52.6 Å². The Morgan fingerprint density at radius 3 is 2.53 bits per heavy atom. The Balaban J connectivity index is 2.01. The van der Waals surface area contributed by atoms with Crippen LogP contribution in [0.5, 0.6) is 0 Å². The van der Waals surface area contributed by atoms with Gasteiger partial charge in [0.1, 0.15) is 19.8 Å². The molecule has 1 aliphatic heterocycles. The van der Waals surface area contributed by atoms with E-state index >= 15 is 0 Å². The molecule has 0 saturated heterocycles. The first-order valence-electron chi connectivity index (χ1n) is 5.63. The lowest BCUT2D eigenvalue weighted by molar-refractivity contribution is 0.0610. The molecule has 0 N–H and O–H groups in total. The van der Waals surface area contributed by atoms with Gasteiger partial charge < -0.3 is 4.74 Å². The summed E-state index contributed by atoms with van der Waals surface area (Å²) < 4.78 is 46.4. The minimum Gasteiger partial charge on any atom is -0.371 e. The summed E-state index contributed by atoms with van der Waals surface area (Å²) in [5.74, 6) is -0.624. The summed E-state index contributed by atoms with van der Waals surface area (Å²) in [6, 6.07) is 5.08. The van der Waals surface area contributed by atoms with Crippen LogP contribution >= 0.6 is 0 Å². The van der Waals surface area contributed by atoms with E-state index in [0.29, 0.717) is 0 Å².